The van der Waals surface area contributed by atoms with E-state index >= 15 is 0 Å². The summed E-state index contributed by atoms with van der Waals surface area (Å²) in [5, 5.41) is 13.1. The Morgan fingerprint density at radius 1 is 0.706 bits per heavy atom. The molecule has 2 aliphatic rings. The highest BCUT2D eigenvalue weighted by molar-refractivity contribution is 5.96. The lowest BCUT2D eigenvalue weighted by molar-refractivity contribution is 0.693. The molecule has 2 aliphatic carbocycles. The van der Waals surface area contributed by atoms with Crippen LogP contribution in [0.25, 0.3) is 38.4 Å². The van der Waals surface area contributed by atoms with Crippen molar-refractivity contribution in [2.75, 3.05) is 0 Å². The summed E-state index contributed by atoms with van der Waals surface area (Å²) in [5.74, 6) is 0.268. The van der Waals surface area contributed by atoms with E-state index in [1.54, 1.807) is 0 Å². The molecule has 0 fully saturated rings. The summed E-state index contributed by atoms with van der Waals surface area (Å²) in [6, 6.07) is 32.7. The Hall–Kier alpha value is -4.04. The topological polar surface area (TPSA) is 25.8 Å². The summed E-state index contributed by atoms with van der Waals surface area (Å²) < 4.78 is 0. The summed E-state index contributed by atoms with van der Waals surface area (Å²) in [4.78, 5) is 0. The predicted molar refractivity (Wildman–Crippen MR) is 141 cm³/mol. The Balaban J connectivity index is 1.40. The van der Waals surface area contributed by atoms with Crippen LogP contribution in [0.2, 0.25) is 0 Å². The maximum Gasteiger partial charge on any atom is 0.0929 e. The lowest BCUT2D eigenvalue weighted by atomic mass is 9.72. The molecule has 1 unspecified atom stereocenters. The maximum atomic E-state index is 4.72. The van der Waals surface area contributed by atoms with Gasteiger partial charge in [0.1, 0.15) is 0 Å². The standard InChI is InChI=1S/C32H24N2/c1-2-8-21(9-3-1)22-14-16-25-23(18-22)15-17-28-26-11-5-6-12-27(26)30(20-29(25)28)32-19-24-10-4-7-13-31(24)33-34-32/h1-5,7-11,13-19,30H,6,12,20H2. The fourth-order valence-electron chi connectivity index (χ4n) is 5.76. The summed E-state index contributed by atoms with van der Waals surface area (Å²) in [7, 11) is 0. The van der Waals surface area contributed by atoms with Crippen LogP contribution in [0.15, 0.2) is 109 Å². The second-order valence-electron chi connectivity index (χ2n) is 9.36. The largest absolute Gasteiger partial charge is 0.154 e. The molecule has 1 aromatic heterocycles. The van der Waals surface area contributed by atoms with Crippen LogP contribution in [0.3, 0.4) is 0 Å². The van der Waals surface area contributed by atoms with Crippen molar-refractivity contribution in [3.05, 3.63) is 126 Å². The van der Waals surface area contributed by atoms with Crippen molar-refractivity contribution in [3.8, 4) is 11.1 Å². The van der Waals surface area contributed by atoms with Gasteiger partial charge in [-0.15, -0.1) is 0 Å². The summed E-state index contributed by atoms with van der Waals surface area (Å²) >= 11 is 0. The third-order valence-corrected chi connectivity index (χ3v) is 7.44. The third-order valence-electron chi connectivity index (χ3n) is 7.44. The van der Waals surface area contributed by atoms with Gasteiger partial charge in [-0.3, -0.25) is 0 Å². The van der Waals surface area contributed by atoms with Gasteiger partial charge in [0.05, 0.1) is 11.2 Å². The van der Waals surface area contributed by atoms with Crippen molar-refractivity contribution in [1.29, 1.82) is 0 Å². The molecule has 0 radical (unpaired) electrons. The molecule has 34 heavy (non-hydrogen) atoms. The first-order valence-corrected chi connectivity index (χ1v) is 12.1. The number of rotatable bonds is 2. The van der Waals surface area contributed by atoms with Crippen molar-refractivity contribution < 1.29 is 0 Å². The van der Waals surface area contributed by atoms with Gasteiger partial charge in [-0.2, -0.15) is 10.2 Å². The van der Waals surface area contributed by atoms with Gasteiger partial charge >= 0.3 is 0 Å². The molecule has 2 nitrogen and oxygen atoms in total. The highest BCUT2D eigenvalue weighted by Gasteiger charge is 2.30. The normalized spacial score (nSPS) is 17.1. The molecule has 0 N–H and O–H groups in total. The van der Waals surface area contributed by atoms with Crippen molar-refractivity contribution in [3.63, 3.8) is 0 Å². The fourth-order valence-corrected chi connectivity index (χ4v) is 5.76. The van der Waals surface area contributed by atoms with Gasteiger partial charge in [-0.1, -0.05) is 90.5 Å². The van der Waals surface area contributed by atoms with E-state index in [1.165, 1.54) is 44.2 Å². The van der Waals surface area contributed by atoms with Gasteiger partial charge in [-0.25, -0.2) is 0 Å². The van der Waals surface area contributed by atoms with Gasteiger partial charge in [0.15, 0.2) is 0 Å². The maximum absolute atomic E-state index is 4.72. The van der Waals surface area contributed by atoms with E-state index in [2.05, 4.69) is 96.1 Å². The molecule has 4 aromatic carbocycles. The van der Waals surface area contributed by atoms with E-state index in [0.29, 0.717) is 0 Å². The lowest BCUT2D eigenvalue weighted by Gasteiger charge is -2.32. The Kier molecular flexibility index (Phi) is 4.44. The average molecular weight is 437 g/mol. The number of fused-ring (bicyclic) bond motifs is 5. The molecule has 0 spiro atoms. The lowest BCUT2D eigenvalue weighted by Crippen LogP contribution is -2.18. The molecule has 0 saturated heterocycles. The number of allylic oxidation sites excluding steroid dienone is 4. The Labute approximate surface area is 199 Å². The number of hydrogen-bond acceptors (Lipinski definition) is 2. The van der Waals surface area contributed by atoms with Crippen LogP contribution < -0.4 is 0 Å². The molecule has 5 aromatic rings. The molecule has 1 atom stereocenters. The Bertz CT molecular complexity index is 1630. The minimum absolute atomic E-state index is 0.268. The predicted octanol–water partition coefficient (Wildman–Crippen LogP) is 7.89. The fraction of sp³-hybridized carbons (Fsp3) is 0.125. The molecule has 1 heterocycles. The zero-order chi connectivity index (χ0) is 22.5. The summed E-state index contributed by atoms with van der Waals surface area (Å²) in [5.41, 5.74) is 10.3. The van der Waals surface area contributed by atoms with Crippen LogP contribution in [0.1, 0.15) is 35.6 Å². The van der Waals surface area contributed by atoms with E-state index in [4.69, 9.17) is 5.10 Å². The van der Waals surface area contributed by atoms with E-state index in [9.17, 15) is 0 Å². The van der Waals surface area contributed by atoms with Crippen LogP contribution in [-0.4, -0.2) is 10.2 Å². The molecule has 2 heteroatoms. The minimum atomic E-state index is 0.268. The van der Waals surface area contributed by atoms with Crippen molar-refractivity contribution >= 4 is 27.2 Å². The first-order chi connectivity index (χ1) is 16.8. The van der Waals surface area contributed by atoms with E-state index in [-0.39, 0.29) is 5.92 Å². The van der Waals surface area contributed by atoms with Crippen LogP contribution >= 0.6 is 0 Å². The molecular weight excluding hydrogens is 412 g/mol. The SMILES string of the molecule is C1=CC2=C(CC1)C(c1cc3ccccc3nn1)Cc1c2ccc2cc(-c3ccccc3)ccc12. The quantitative estimate of drug-likeness (QED) is 0.281. The summed E-state index contributed by atoms with van der Waals surface area (Å²) in [6.07, 6.45) is 7.81. The zero-order valence-electron chi connectivity index (χ0n) is 18.9. The van der Waals surface area contributed by atoms with Crippen LogP contribution in [0.5, 0.6) is 0 Å². The van der Waals surface area contributed by atoms with E-state index < -0.39 is 0 Å². The monoisotopic (exact) mass is 436 g/mol. The number of aromatic nitrogens is 2. The highest BCUT2D eigenvalue weighted by atomic mass is 15.1. The van der Waals surface area contributed by atoms with Gasteiger partial charge in [0, 0.05) is 11.3 Å². The molecule has 0 amide bonds. The molecule has 0 bridgehead atoms. The number of nitrogens with zero attached hydrogens (tertiary/aromatic N) is 2. The first-order valence-electron chi connectivity index (χ1n) is 12.1. The molecule has 0 aliphatic heterocycles. The smallest absolute Gasteiger partial charge is 0.0929 e. The van der Waals surface area contributed by atoms with Crippen LogP contribution in [0, 0.1) is 0 Å². The molecule has 162 valence electrons. The molecule has 0 saturated carbocycles. The zero-order valence-corrected chi connectivity index (χ0v) is 18.9. The average Bonchev–Trinajstić information content (AvgIpc) is 2.92. The van der Waals surface area contributed by atoms with Gasteiger partial charge in [0.2, 0.25) is 0 Å². The van der Waals surface area contributed by atoms with Crippen LogP contribution in [0.4, 0.5) is 0 Å². The second kappa shape index (κ2) is 7.78. The van der Waals surface area contributed by atoms with Crippen molar-refractivity contribution in [2.45, 2.75) is 25.2 Å². The van der Waals surface area contributed by atoms with Crippen molar-refractivity contribution in [2.24, 2.45) is 0 Å². The van der Waals surface area contributed by atoms with Gasteiger partial charge in [-0.05, 0) is 76.1 Å². The third kappa shape index (κ3) is 3.10. The van der Waals surface area contributed by atoms with Crippen molar-refractivity contribution in [1.82, 2.24) is 10.2 Å². The van der Waals surface area contributed by atoms with Crippen LogP contribution in [-0.2, 0) is 6.42 Å². The Morgan fingerprint density at radius 3 is 2.53 bits per heavy atom. The number of hydrogen-bond donors (Lipinski definition) is 0. The molecule has 7 rings (SSSR count). The van der Waals surface area contributed by atoms with E-state index in [1.807, 2.05) is 12.1 Å². The first kappa shape index (κ1) is 19.4. The Morgan fingerprint density at radius 2 is 1.59 bits per heavy atom. The highest BCUT2D eigenvalue weighted by Crippen LogP contribution is 2.46. The van der Waals surface area contributed by atoms with Gasteiger partial charge < -0.3 is 0 Å². The second-order valence-corrected chi connectivity index (χ2v) is 9.36. The molecular formula is C32H24N2. The number of benzene rings is 4. The van der Waals surface area contributed by atoms with E-state index in [0.717, 1.165) is 35.9 Å². The summed E-state index contributed by atoms with van der Waals surface area (Å²) in [6.45, 7) is 0. The van der Waals surface area contributed by atoms with Gasteiger partial charge in [0.25, 0.3) is 0 Å². The minimum Gasteiger partial charge on any atom is -0.154 e.